The van der Waals surface area contributed by atoms with Crippen molar-refractivity contribution in [2.24, 2.45) is 5.92 Å². The Kier molecular flexibility index (Phi) is 5.19. The third kappa shape index (κ3) is 3.78. The number of aliphatic hydroxyl groups excluding tert-OH is 1. The average molecular weight is 330 g/mol. The Morgan fingerprint density at radius 3 is 2.33 bits per heavy atom. The molecule has 2 aliphatic rings. The van der Waals surface area contributed by atoms with E-state index < -0.39 is 6.10 Å². The second-order valence-electron chi connectivity index (χ2n) is 7.02. The molecular formula is C19H26N2O3. The molecule has 2 aliphatic heterocycles. The number of likely N-dealkylation sites (tertiary alicyclic amines) is 2. The minimum absolute atomic E-state index is 0.0346. The lowest BCUT2D eigenvalue weighted by Crippen LogP contribution is -2.39. The number of amides is 2. The second kappa shape index (κ2) is 7.34. The van der Waals surface area contributed by atoms with Gasteiger partial charge in [0.2, 0.25) is 11.8 Å². The minimum atomic E-state index is -0.584. The van der Waals surface area contributed by atoms with Crippen molar-refractivity contribution in [1.29, 1.82) is 0 Å². The van der Waals surface area contributed by atoms with E-state index in [9.17, 15) is 14.7 Å². The van der Waals surface area contributed by atoms with Crippen LogP contribution in [0.5, 0.6) is 0 Å². The molecule has 0 unspecified atom stereocenters. The van der Waals surface area contributed by atoms with Crippen molar-refractivity contribution in [3.63, 3.8) is 0 Å². The lowest BCUT2D eigenvalue weighted by molar-refractivity contribution is -0.134. The van der Waals surface area contributed by atoms with E-state index in [1.165, 1.54) is 12.5 Å². The van der Waals surface area contributed by atoms with Crippen LogP contribution in [0.3, 0.4) is 0 Å². The Balaban J connectivity index is 1.50. The Bertz CT molecular complexity index is 582. The fourth-order valence-corrected chi connectivity index (χ4v) is 3.85. The van der Waals surface area contributed by atoms with Crippen LogP contribution in [-0.4, -0.2) is 59.0 Å². The number of aliphatic hydroxyl groups is 1. The van der Waals surface area contributed by atoms with Crippen LogP contribution in [0.4, 0.5) is 0 Å². The van der Waals surface area contributed by atoms with Crippen LogP contribution >= 0.6 is 0 Å². The molecule has 24 heavy (non-hydrogen) atoms. The number of carbonyl (C=O) groups is 2. The van der Waals surface area contributed by atoms with Crippen LogP contribution < -0.4 is 0 Å². The summed E-state index contributed by atoms with van der Waals surface area (Å²) in [7, 11) is 0. The van der Waals surface area contributed by atoms with Gasteiger partial charge in [-0.25, -0.2) is 0 Å². The lowest BCUT2D eigenvalue weighted by atomic mass is 9.89. The molecule has 2 saturated heterocycles. The molecule has 5 heteroatoms. The molecule has 5 nitrogen and oxygen atoms in total. The van der Waals surface area contributed by atoms with Crippen molar-refractivity contribution < 1.29 is 14.7 Å². The molecule has 0 radical (unpaired) electrons. The van der Waals surface area contributed by atoms with Crippen molar-refractivity contribution in [1.82, 2.24) is 9.80 Å². The standard InChI is InChI=1S/C19H26N2O3/c1-14(22)21-12-17(18(23)13-21)11-19(24)20-9-7-16(8-10-20)15-5-3-2-4-6-15/h2-6,16-18,23H,7-13H2,1H3/t17-,18-/m0/s1. The Morgan fingerprint density at radius 1 is 1.08 bits per heavy atom. The zero-order chi connectivity index (χ0) is 17.1. The molecule has 3 rings (SSSR count). The highest BCUT2D eigenvalue weighted by molar-refractivity contribution is 5.77. The van der Waals surface area contributed by atoms with E-state index in [-0.39, 0.29) is 17.7 Å². The third-order valence-electron chi connectivity index (χ3n) is 5.41. The lowest BCUT2D eigenvalue weighted by Gasteiger charge is -2.33. The van der Waals surface area contributed by atoms with Gasteiger partial charge in [-0.2, -0.15) is 0 Å². The first-order chi connectivity index (χ1) is 11.5. The summed E-state index contributed by atoms with van der Waals surface area (Å²) in [4.78, 5) is 27.5. The summed E-state index contributed by atoms with van der Waals surface area (Å²) >= 11 is 0. The number of nitrogens with zero attached hydrogens (tertiary/aromatic N) is 2. The van der Waals surface area contributed by atoms with Gasteiger partial charge >= 0.3 is 0 Å². The Labute approximate surface area is 143 Å². The van der Waals surface area contributed by atoms with Gasteiger partial charge in [0.25, 0.3) is 0 Å². The van der Waals surface area contributed by atoms with Gasteiger partial charge in [0, 0.05) is 45.4 Å². The van der Waals surface area contributed by atoms with E-state index in [2.05, 4.69) is 24.3 Å². The highest BCUT2D eigenvalue weighted by atomic mass is 16.3. The molecule has 1 aromatic rings. The van der Waals surface area contributed by atoms with Crippen molar-refractivity contribution in [3.05, 3.63) is 35.9 Å². The zero-order valence-electron chi connectivity index (χ0n) is 14.2. The normalized spacial score (nSPS) is 25.1. The van der Waals surface area contributed by atoms with Gasteiger partial charge in [-0.1, -0.05) is 30.3 Å². The molecular weight excluding hydrogens is 304 g/mol. The third-order valence-corrected chi connectivity index (χ3v) is 5.41. The monoisotopic (exact) mass is 330 g/mol. The molecule has 1 N–H and O–H groups in total. The summed E-state index contributed by atoms with van der Waals surface area (Å²) in [6, 6.07) is 10.5. The molecule has 2 atom stereocenters. The largest absolute Gasteiger partial charge is 0.391 e. The molecule has 2 amide bonds. The van der Waals surface area contributed by atoms with Gasteiger partial charge in [-0.3, -0.25) is 9.59 Å². The number of hydrogen-bond donors (Lipinski definition) is 1. The van der Waals surface area contributed by atoms with Gasteiger partial charge in [0.1, 0.15) is 0 Å². The SMILES string of the molecule is CC(=O)N1C[C@H](CC(=O)N2CCC(c3ccccc3)CC2)[C@@H](O)C1. The van der Waals surface area contributed by atoms with Crippen LogP contribution in [0.25, 0.3) is 0 Å². The highest BCUT2D eigenvalue weighted by Crippen LogP contribution is 2.29. The summed E-state index contributed by atoms with van der Waals surface area (Å²) < 4.78 is 0. The fraction of sp³-hybridized carbons (Fsp3) is 0.579. The van der Waals surface area contributed by atoms with Gasteiger partial charge in [-0.15, -0.1) is 0 Å². The number of piperidine rings is 1. The van der Waals surface area contributed by atoms with E-state index in [0.29, 0.717) is 25.4 Å². The maximum atomic E-state index is 12.5. The molecule has 0 aromatic heterocycles. The van der Waals surface area contributed by atoms with E-state index >= 15 is 0 Å². The number of rotatable bonds is 3. The predicted octanol–water partition coefficient (Wildman–Crippen LogP) is 1.62. The first-order valence-electron chi connectivity index (χ1n) is 8.81. The van der Waals surface area contributed by atoms with Crippen LogP contribution in [0, 0.1) is 5.92 Å². The van der Waals surface area contributed by atoms with Gasteiger partial charge in [0.15, 0.2) is 0 Å². The van der Waals surface area contributed by atoms with Gasteiger partial charge < -0.3 is 14.9 Å². The summed E-state index contributed by atoms with van der Waals surface area (Å²) in [5.41, 5.74) is 1.35. The number of carbonyl (C=O) groups excluding carboxylic acids is 2. The van der Waals surface area contributed by atoms with Crippen molar-refractivity contribution >= 4 is 11.8 Å². The molecule has 2 heterocycles. The first kappa shape index (κ1) is 17.0. The number of β-amino-alcohol motifs (C(OH)–C–C–N with tert-alkyl or cyclic N) is 1. The van der Waals surface area contributed by atoms with Crippen molar-refractivity contribution in [2.45, 2.75) is 38.2 Å². The maximum absolute atomic E-state index is 12.5. The van der Waals surface area contributed by atoms with Crippen LogP contribution in [-0.2, 0) is 9.59 Å². The van der Waals surface area contributed by atoms with E-state index in [0.717, 1.165) is 25.9 Å². The van der Waals surface area contributed by atoms with Gasteiger partial charge in [-0.05, 0) is 24.3 Å². The second-order valence-corrected chi connectivity index (χ2v) is 7.02. The smallest absolute Gasteiger partial charge is 0.223 e. The van der Waals surface area contributed by atoms with Crippen molar-refractivity contribution in [3.8, 4) is 0 Å². The average Bonchev–Trinajstić information content (AvgIpc) is 2.97. The molecule has 2 fully saturated rings. The Hall–Kier alpha value is -1.88. The molecule has 0 aliphatic carbocycles. The highest BCUT2D eigenvalue weighted by Gasteiger charge is 2.35. The first-order valence-corrected chi connectivity index (χ1v) is 8.81. The summed E-state index contributed by atoms with van der Waals surface area (Å²) in [5.74, 6) is 0.470. The predicted molar refractivity (Wildman–Crippen MR) is 91.4 cm³/mol. The summed E-state index contributed by atoms with van der Waals surface area (Å²) in [6.45, 7) is 3.90. The molecule has 1 aromatic carbocycles. The zero-order valence-corrected chi connectivity index (χ0v) is 14.2. The van der Waals surface area contributed by atoms with Gasteiger partial charge in [0.05, 0.1) is 6.10 Å². The van der Waals surface area contributed by atoms with Crippen LogP contribution in [0.15, 0.2) is 30.3 Å². The summed E-state index contributed by atoms with van der Waals surface area (Å²) in [6.07, 6.45) is 1.73. The van der Waals surface area contributed by atoms with Crippen LogP contribution in [0.2, 0.25) is 0 Å². The maximum Gasteiger partial charge on any atom is 0.223 e. The van der Waals surface area contributed by atoms with E-state index in [1.54, 1.807) is 4.90 Å². The molecule has 130 valence electrons. The molecule has 0 saturated carbocycles. The topological polar surface area (TPSA) is 60.9 Å². The summed E-state index contributed by atoms with van der Waals surface area (Å²) in [5, 5.41) is 10.1. The van der Waals surface area contributed by atoms with E-state index in [4.69, 9.17) is 0 Å². The Morgan fingerprint density at radius 2 is 1.75 bits per heavy atom. The van der Waals surface area contributed by atoms with Crippen LogP contribution in [0.1, 0.15) is 37.7 Å². The van der Waals surface area contributed by atoms with Crippen molar-refractivity contribution in [2.75, 3.05) is 26.2 Å². The minimum Gasteiger partial charge on any atom is -0.391 e. The number of benzene rings is 1. The quantitative estimate of drug-likeness (QED) is 0.916. The molecule has 0 spiro atoms. The van der Waals surface area contributed by atoms with E-state index in [1.807, 2.05) is 11.0 Å². The molecule has 0 bridgehead atoms. The number of hydrogen-bond acceptors (Lipinski definition) is 3. The fourth-order valence-electron chi connectivity index (χ4n) is 3.85.